The molecule has 0 spiro atoms. The number of aliphatic carboxylic acids is 1. The van der Waals surface area contributed by atoms with Crippen molar-refractivity contribution in [3.8, 4) is 0 Å². The summed E-state index contributed by atoms with van der Waals surface area (Å²) in [5, 5.41) is 24.2. The second-order valence-electron chi connectivity index (χ2n) is 8.30. The number of aromatic nitrogens is 1. The average molecular weight is 473 g/mol. The number of benzene rings is 2. The largest absolute Gasteiger partial charge is 0.480 e. The van der Waals surface area contributed by atoms with Gasteiger partial charge in [0.1, 0.15) is 6.04 Å². The average Bonchev–Trinajstić information content (AvgIpc) is 3.28. The monoisotopic (exact) mass is 473 g/mol. The van der Waals surface area contributed by atoms with Gasteiger partial charge in [0, 0.05) is 29.1 Å². The van der Waals surface area contributed by atoms with Gasteiger partial charge in [-0.25, -0.2) is 9.59 Å². The van der Waals surface area contributed by atoms with E-state index < -0.39 is 29.8 Å². The smallest absolute Gasteiger partial charge is 0.335 e. The van der Waals surface area contributed by atoms with E-state index in [1.54, 1.807) is 44.2 Å². The maximum Gasteiger partial charge on any atom is 0.335 e. The third kappa shape index (κ3) is 4.70. The Morgan fingerprint density at radius 2 is 1.77 bits per heavy atom. The van der Waals surface area contributed by atoms with Crippen molar-refractivity contribution in [2.75, 3.05) is 5.32 Å². The summed E-state index contributed by atoms with van der Waals surface area (Å²) >= 11 is 0. The summed E-state index contributed by atoms with van der Waals surface area (Å²) < 4.78 is 0. The molecule has 3 aromatic rings. The van der Waals surface area contributed by atoms with Crippen LogP contribution >= 0.6 is 0 Å². The van der Waals surface area contributed by atoms with Gasteiger partial charge in [0.15, 0.2) is 0 Å². The molecule has 0 saturated carbocycles. The van der Waals surface area contributed by atoms with Gasteiger partial charge in [0.25, 0.3) is 11.8 Å². The Morgan fingerprint density at radius 3 is 2.43 bits per heavy atom. The fourth-order valence-corrected chi connectivity index (χ4v) is 4.15. The van der Waals surface area contributed by atoms with Gasteiger partial charge in [0.2, 0.25) is 0 Å². The van der Waals surface area contributed by atoms with Crippen LogP contribution in [0, 0.1) is 13.8 Å². The Hall–Kier alpha value is -4.66. The van der Waals surface area contributed by atoms with Crippen molar-refractivity contribution in [2.24, 2.45) is 0 Å². The van der Waals surface area contributed by atoms with Crippen LogP contribution in [0.15, 0.2) is 48.5 Å². The Balaban J connectivity index is 1.64. The predicted octanol–water partition coefficient (Wildman–Crippen LogP) is 3.25. The molecule has 178 valence electrons. The highest BCUT2D eigenvalue weighted by molar-refractivity contribution is 6.35. The van der Waals surface area contributed by atoms with Crippen LogP contribution in [0.2, 0.25) is 0 Å². The van der Waals surface area contributed by atoms with Gasteiger partial charge in [0.05, 0.1) is 16.7 Å². The van der Waals surface area contributed by atoms with Gasteiger partial charge >= 0.3 is 11.9 Å². The first-order valence-corrected chi connectivity index (χ1v) is 10.8. The highest BCUT2D eigenvalue weighted by Gasteiger charge is 2.28. The summed E-state index contributed by atoms with van der Waals surface area (Å²) in [7, 11) is 0. The van der Waals surface area contributed by atoms with Gasteiger partial charge < -0.3 is 25.8 Å². The molecule has 4 rings (SSSR count). The molecule has 0 aliphatic carbocycles. The molecule has 1 aromatic heterocycles. The van der Waals surface area contributed by atoms with Crippen molar-refractivity contribution in [1.82, 2.24) is 10.3 Å². The molecule has 2 heterocycles. The van der Waals surface area contributed by atoms with E-state index >= 15 is 0 Å². The zero-order valence-electron chi connectivity index (χ0n) is 19.0. The molecule has 5 N–H and O–H groups in total. The lowest BCUT2D eigenvalue weighted by Gasteiger charge is -2.15. The lowest BCUT2D eigenvalue weighted by atomic mass is 10.0. The minimum Gasteiger partial charge on any atom is -0.480 e. The first-order chi connectivity index (χ1) is 16.7. The maximum absolute atomic E-state index is 13.1. The van der Waals surface area contributed by atoms with E-state index in [-0.39, 0.29) is 23.1 Å². The molecule has 9 heteroatoms. The third-order valence-corrected chi connectivity index (χ3v) is 5.93. The zero-order chi connectivity index (χ0) is 25.3. The number of nitrogens with one attached hydrogen (secondary N) is 3. The van der Waals surface area contributed by atoms with Crippen molar-refractivity contribution in [3.63, 3.8) is 0 Å². The number of aryl methyl sites for hydroxylation is 1. The maximum atomic E-state index is 13.1. The van der Waals surface area contributed by atoms with Crippen LogP contribution in [-0.4, -0.2) is 45.0 Å². The molecule has 1 atom stereocenters. The summed E-state index contributed by atoms with van der Waals surface area (Å²) in [5.74, 6) is -3.20. The third-order valence-electron chi connectivity index (χ3n) is 5.93. The summed E-state index contributed by atoms with van der Waals surface area (Å²) in [6.45, 7) is 3.38. The Bertz CT molecular complexity index is 1390. The Morgan fingerprint density at radius 1 is 1.06 bits per heavy atom. The highest BCUT2D eigenvalue weighted by Crippen LogP contribution is 2.34. The van der Waals surface area contributed by atoms with E-state index in [0.717, 1.165) is 5.56 Å². The highest BCUT2D eigenvalue weighted by atomic mass is 16.4. The van der Waals surface area contributed by atoms with Gasteiger partial charge in [-0.2, -0.15) is 0 Å². The molecule has 0 bridgehead atoms. The van der Waals surface area contributed by atoms with Gasteiger partial charge in [-0.1, -0.05) is 30.3 Å². The van der Waals surface area contributed by atoms with Crippen LogP contribution < -0.4 is 10.6 Å². The van der Waals surface area contributed by atoms with Crippen molar-refractivity contribution >= 4 is 41.1 Å². The Kier molecular flexibility index (Phi) is 6.24. The fourth-order valence-electron chi connectivity index (χ4n) is 4.15. The van der Waals surface area contributed by atoms with E-state index in [9.17, 15) is 29.4 Å². The van der Waals surface area contributed by atoms with Crippen molar-refractivity contribution in [3.05, 3.63) is 87.7 Å². The number of hydrogen-bond donors (Lipinski definition) is 5. The lowest BCUT2D eigenvalue weighted by Crippen LogP contribution is -2.42. The van der Waals surface area contributed by atoms with Gasteiger partial charge in [-0.3, -0.25) is 9.59 Å². The van der Waals surface area contributed by atoms with E-state index in [2.05, 4.69) is 15.6 Å². The second-order valence-corrected chi connectivity index (χ2v) is 8.30. The zero-order valence-corrected chi connectivity index (χ0v) is 19.0. The molecule has 2 aromatic carbocycles. The lowest BCUT2D eigenvalue weighted by molar-refractivity contribution is -0.139. The van der Waals surface area contributed by atoms with Crippen LogP contribution in [0.3, 0.4) is 0 Å². The molecule has 2 amide bonds. The van der Waals surface area contributed by atoms with Crippen LogP contribution in [0.4, 0.5) is 5.69 Å². The van der Waals surface area contributed by atoms with Crippen molar-refractivity contribution in [2.45, 2.75) is 26.3 Å². The minimum absolute atomic E-state index is 0.0451. The second kappa shape index (κ2) is 9.30. The van der Waals surface area contributed by atoms with Crippen LogP contribution in [0.25, 0.3) is 11.6 Å². The molecular formula is C26H23N3O6. The number of carboxylic acid groups (broad SMARTS) is 2. The summed E-state index contributed by atoms with van der Waals surface area (Å²) in [5.41, 5.74) is 3.84. The Labute approximate surface area is 200 Å². The molecule has 1 aliphatic heterocycles. The minimum atomic E-state index is -1.15. The van der Waals surface area contributed by atoms with E-state index in [1.165, 1.54) is 18.2 Å². The normalized spacial score (nSPS) is 14.3. The molecule has 0 unspecified atom stereocenters. The summed E-state index contributed by atoms with van der Waals surface area (Å²) in [6, 6.07) is 12.2. The number of hydrogen-bond acceptors (Lipinski definition) is 4. The van der Waals surface area contributed by atoms with E-state index in [0.29, 0.717) is 28.2 Å². The number of carbonyl (C=O) groups excluding carboxylic acids is 2. The molecule has 1 aliphatic rings. The molecular weight excluding hydrogens is 450 g/mol. The first-order valence-electron chi connectivity index (χ1n) is 10.8. The number of aromatic amines is 1. The summed E-state index contributed by atoms with van der Waals surface area (Å²) in [4.78, 5) is 51.9. The topological polar surface area (TPSA) is 149 Å². The van der Waals surface area contributed by atoms with Crippen molar-refractivity contribution in [1.29, 1.82) is 0 Å². The standard InChI is InChI=1S/C26H23N3O6/c1-13-20(12-18-17-11-16(25(32)33)8-9-19(17)28-23(18)30)27-14(2)22(13)24(31)29-21(26(34)35)10-15-6-4-3-5-7-15/h3-9,11-12,21,27H,10H2,1-2H3,(H,28,30)(H,29,31)(H,32,33)(H,34,35)/t21-/m0/s1. The van der Waals surface area contributed by atoms with E-state index in [1.807, 2.05) is 6.07 Å². The number of H-pyrrole nitrogens is 1. The van der Waals surface area contributed by atoms with Gasteiger partial charge in [-0.15, -0.1) is 0 Å². The summed E-state index contributed by atoms with van der Waals surface area (Å²) in [6.07, 6.45) is 1.69. The molecule has 9 nitrogen and oxygen atoms in total. The van der Waals surface area contributed by atoms with E-state index in [4.69, 9.17) is 0 Å². The first kappa shape index (κ1) is 23.5. The SMILES string of the molecule is Cc1[nH]c(C=C2C(=O)Nc3ccc(C(=O)O)cc32)c(C)c1C(=O)N[C@@H](Cc1ccccc1)C(=O)O. The number of aromatic carboxylic acids is 1. The number of anilines is 1. The number of amides is 2. The molecule has 0 radical (unpaired) electrons. The van der Waals surface area contributed by atoms with Crippen LogP contribution in [-0.2, 0) is 16.0 Å². The quantitative estimate of drug-likeness (QED) is 0.333. The molecule has 35 heavy (non-hydrogen) atoms. The number of fused-ring (bicyclic) bond motifs is 1. The molecule has 0 fully saturated rings. The number of rotatable bonds is 7. The predicted molar refractivity (Wildman–Crippen MR) is 129 cm³/mol. The van der Waals surface area contributed by atoms with Gasteiger partial charge in [-0.05, 0) is 49.2 Å². The number of carboxylic acids is 2. The van der Waals surface area contributed by atoms with Crippen molar-refractivity contribution < 1.29 is 29.4 Å². The number of carbonyl (C=O) groups is 4. The fraction of sp³-hybridized carbons (Fsp3) is 0.154. The van der Waals surface area contributed by atoms with Crippen LogP contribution in [0.1, 0.15) is 48.8 Å². The van der Waals surface area contributed by atoms with Crippen LogP contribution in [0.5, 0.6) is 0 Å². The molecule has 0 saturated heterocycles.